The second-order valence-electron chi connectivity index (χ2n) is 6.11. The van der Waals surface area contributed by atoms with Crippen LogP contribution in [0.4, 0.5) is 0 Å². The van der Waals surface area contributed by atoms with Crippen molar-refractivity contribution in [2.24, 2.45) is 0 Å². The van der Waals surface area contributed by atoms with Crippen LogP contribution in [-0.2, 0) is 15.6 Å². The van der Waals surface area contributed by atoms with E-state index in [-0.39, 0.29) is 5.41 Å². The Hall–Kier alpha value is -1.65. The summed E-state index contributed by atoms with van der Waals surface area (Å²) in [5.74, 6) is 0.235. The molecule has 2 rings (SSSR count). The number of methoxy groups -OCH3 is 1. The largest absolute Gasteiger partial charge is 0.481 e. The molecule has 5 heteroatoms. The van der Waals surface area contributed by atoms with Crippen molar-refractivity contribution in [3.8, 4) is 5.88 Å². The van der Waals surface area contributed by atoms with Gasteiger partial charge in [0.15, 0.2) is 0 Å². The highest BCUT2D eigenvalue weighted by Gasteiger charge is 2.48. The monoisotopic (exact) mass is 264 g/mol. The fraction of sp³-hybridized carbons (Fsp3) is 0.643. The van der Waals surface area contributed by atoms with Crippen LogP contribution in [0.3, 0.4) is 0 Å². The van der Waals surface area contributed by atoms with E-state index in [1.54, 1.807) is 6.20 Å². The summed E-state index contributed by atoms with van der Waals surface area (Å²) in [6.45, 7) is 6.03. The molecule has 0 atom stereocenters. The second kappa shape index (κ2) is 4.47. The van der Waals surface area contributed by atoms with E-state index >= 15 is 0 Å². The van der Waals surface area contributed by atoms with Crippen LogP contribution in [0.15, 0.2) is 6.20 Å². The van der Waals surface area contributed by atoms with Crippen LogP contribution in [0.25, 0.3) is 0 Å². The molecule has 1 N–H and O–H groups in total. The average molecular weight is 264 g/mol. The summed E-state index contributed by atoms with van der Waals surface area (Å²) in [5.41, 5.74) is -0.453. The van der Waals surface area contributed by atoms with Crippen LogP contribution in [0, 0.1) is 0 Å². The summed E-state index contributed by atoms with van der Waals surface area (Å²) in [6.07, 6.45) is 3.78. The van der Waals surface area contributed by atoms with Gasteiger partial charge in [-0.05, 0) is 12.8 Å². The lowest BCUT2D eigenvalue weighted by Gasteiger charge is -2.38. The van der Waals surface area contributed by atoms with Crippen molar-refractivity contribution in [3.63, 3.8) is 0 Å². The number of aliphatic carboxylic acids is 1. The summed E-state index contributed by atoms with van der Waals surface area (Å²) < 4.78 is 5.30. The van der Waals surface area contributed by atoms with Gasteiger partial charge in [-0.3, -0.25) is 4.79 Å². The second-order valence-corrected chi connectivity index (χ2v) is 6.11. The standard InChI is InChI=1S/C14H20N2O3/c1-13(2,3)11-15-8-9(10(16-11)19-4)14(12(17)18)6-5-7-14/h8H,5-7H2,1-4H3,(H,17,18). The first kappa shape index (κ1) is 13.8. The average Bonchev–Trinajstić information content (AvgIpc) is 2.25. The quantitative estimate of drug-likeness (QED) is 0.906. The third kappa shape index (κ3) is 2.17. The minimum absolute atomic E-state index is 0.193. The highest BCUT2D eigenvalue weighted by molar-refractivity contribution is 5.83. The predicted molar refractivity (Wildman–Crippen MR) is 70.4 cm³/mol. The fourth-order valence-electron chi connectivity index (χ4n) is 2.34. The van der Waals surface area contributed by atoms with E-state index in [1.165, 1.54) is 7.11 Å². The first-order chi connectivity index (χ1) is 8.81. The van der Waals surface area contributed by atoms with E-state index < -0.39 is 11.4 Å². The molecule has 1 aromatic heterocycles. The van der Waals surface area contributed by atoms with Crippen LogP contribution in [-0.4, -0.2) is 28.2 Å². The highest BCUT2D eigenvalue weighted by atomic mass is 16.5. The van der Waals surface area contributed by atoms with Gasteiger partial charge in [0.05, 0.1) is 12.5 Å². The Morgan fingerprint density at radius 2 is 2.05 bits per heavy atom. The summed E-state index contributed by atoms with van der Waals surface area (Å²) in [7, 11) is 1.52. The molecule has 0 bridgehead atoms. The van der Waals surface area contributed by atoms with Crippen LogP contribution in [0.2, 0.25) is 0 Å². The van der Waals surface area contributed by atoms with Crippen molar-refractivity contribution in [3.05, 3.63) is 17.6 Å². The zero-order valence-corrected chi connectivity index (χ0v) is 11.9. The molecule has 0 unspecified atom stereocenters. The molecular weight excluding hydrogens is 244 g/mol. The lowest BCUT2D eigenvalue weighted by atomic mass is 9.65. The molecule has 1 aliphatic rings. The molecule has 1 aliphatic carbocycles. The summed E-state index contributed by atoms with van der Waals surface area (Å²) >= 11 is 0. The molecule has 0 radical (unpaired) electrons. The van der Waals surface area contributed by atoms with Gasteiger partial charge in [0.1, 0.15) is 5.82 Å². The first-order valence-corrected chi connectivity index (χ1v) is 6.46. The molecule has 1 aromatic rings. The maximum atomic E-state index is 11.5. The van der Waals surface area contributed by atoms with Gasteiger partial charge in [0.25, 0.3) is 0 Å². The number of rotatable bonds is 3. The fourth-order valence-corrected chi connectivity index (χ4v) is 2.34. The van der Waals surface area contributed by atoms with E-state index in [0.717, 1.165) is 6.42 Å². The topological polar surface area (TPSA) is 72.3 Å². The first-order valence-electron chi connectivity index (χ1n) is 6.46. The number of carboxylic acids is 1. The van der Waals surface area contributed by atoms with Crippen LogP contribution in [0.5, 0.6) is 5.88 Å². The third-order valence-electron chi connectivity index (χ3n) is 3.75. The highest BCUT2D eigenvalue weighted by Crippen LogP contribution is 2.46. The maximum Gasteiger partial charge on any atom is 0.314 e. The van der Waals surface area contributed by atoms with Crippen LogP contribution in [0.1, 0.15) is 51.4 Å². The van der Waals surface area contributed by atoms with Crippen molar-refractivity contribution >= 4 is 5.97 Å². The Kier molecular flexibility index (Phi) is 3.24. The van der Waals surface area contributed by atoms with Gasteiger partial charge >= 0.3 is 5.97 Å². The van der Waals surface area contributed by atoms with E-state index in [4.69, 9.17) is 4.74 Å². The Labute approximate surface area is 113 Å². The smallest absolute Gasteiger partial charge is 0.314 e. The molecule has 0 aliphatic heterocycles. The lowest BCUT2D eigenvalue weighted by Crippen LogP contribution is -2.43. The molecular formula is C14H20N2O3. The maximum absolute atomic E-state index is 11.5. The van der Waals surface area contributed by atoms with Gasteiger partial charge in [0, 0.05) is 17.2 Å². The number of aromatic nitrogens is 2. The van der Waals surface area contributed by atoms with Crippen molar-refractivity contribution < 1.29 is 14.6 Å². The molecule has 0 aromatic carbocycles. The molecule has 1 heterocycles. The number of carboxylic acid groups (broad SMARTS) is 1. The van der Waals surface area contributed by atoms with Gasteiger partial charge < -0.3 is 9.84 Å². The molecule has 104 valence electrons. The van der Waals surface area contributed by atoms with Gasteiger partial charge in [0.2, 0.25) is 5.88 Å². The Balaban J connectivity index is 2.50. The van der Waals surface area contributed by atoms with Gasteiger partial charge in [-0.25, -0.2) is 4.98 Å². The zero-order valence-electron chi connectivity index (χ0n) is 11.9. The Bertz CT molecular complexity index is 502. The predicted octanol–water partition coefficient (Wildman–Crippen LogP) is 2.29. The Morgan fingerprint density at radius 1 is 1.42 bits per heavy atom. The number of nitrogens with zero attached hydrogens (tertiary/aromatic N) is 2. The SMILES string of the molecule is COc1nc(C(C)(C)C)ncc1C1(C(=O)O)CCC1. The normalized spacial score (nSPS) is 17.7. The van der Waals surface area contributed by atoms with Crippen LogP contribution >= 0.6 is 0 Å². The Morgan fingerprint density at radius 3 is 2.42 bits per heavy atom. The molecule has 0 spiro atoms. The molecule has 5 nitrogen and oxygen atoms in total. The van der Waals surface area contributed by atoms with E-state index in [2.05, 4.69) is 9.97 Å². The van der Waals surface area contributed by atoms with Crippen molar-refractivity contribution in [2.45, 2.75) is 50.9 Å². The van der Waals surface area contributed by atoms with Crippen molar-refractivity contribution in [2.75, 3.05) is 7.11 Å². The number of hydrogen-bond donors (Lipinski definition) is 1. The number of hydrogen-bond acceptors (Lipinski definition) is 4. The minimum atomic E-state index is -0.859. The molecule has 0 amide bonds. The third-order valence-corrected chi connectivity index (χ3v) is 3.75. The van der Waals surface area contributed by atoms with Gasteiger partial charge in [-0.15, -0.1) is 0 Å². The van der Waals surface area contributed by atoms with Crippen LogP contribution < -0.4 is 4.74 Å². The van der Waals surface area contributed by atoms with E-state index in [1.807, 2.05) is 20.8 Å². The number of carbonyl (C=O) groups is 1. The molecule has 19 heavy (non-hydrogen) atoms. The minimum Gasteiger partial charge on any atom is -0.481 e. The molecule has 1 fully saturated rings. The lowest BCUT2D eigenvalue weighted by molar-refractivity contribution is -0.147. The van der Waals surface area contributed by atoms with Crippen molar-refractivity contribution in [1.82, 2.24) is 9.97 Å². The van der Waals surface area contributed by atoms with E-state index in [9.17, 15) is 9.90 Å². The summed E-state index contributed by atoms with van der Waals surface area (Å²) in [4.78, 5) is 20.3. The van der Waals surface area contributed by atoms with E-state index in [0.29, 0.717) is 30.1 Å². The summed E-state index contributed by atoms with van der Waals surface area (Å²) in [5, 5.41) is 9.48. The molecule has 0 saturated heterocycles. The van der Waals surface area contributed by atoms with Crippen molar-refractivity contribution in [1.29, 1.82) is 0 Å². The van der Waals surface area contributed by atoms with Gasteiger partial charge in [-0.1, -0.05) is 27.2 Å². The number of ether oxygens (including phenoxy) is 1. The molecule has 1 saturated carbocycles. The summed E-state index contributed by atoms with van der Waals surface area (Å²) in [6, 6.07) is 0. The zero-order chi connectivity index (χ0) is 14.3. The van der Waals surface area contributed by atoms with Gasteiger partial charge in [-0.2, -0.15) is 4.98 Å².